The normalized spacial score (nSPS) is 14.5. The molecule has 0 bridgehead atoms. The molecule has 0 spiro atoms. The maximum atomic E-state index is 12.4. The Bertz CT molecular complexity index is 741. The quantitative estimate of drug-likeness (QED) is 0.859. The fourth-order valence-corrected chi connectivity index (χ4v) is 3.13. The van der Waals surface area contributed by atoms with Gasteiger partial charge in [-0.3, -0.25) is 0 Å². The maximum Gasteiger partial charge on any atom is 0.321 e. The highest BCUT2D eigenvalue weighted by atomic mass is 35.5. The summed E-state index contributed by atoms with van der Waals surface area (Å²) in [6.07, 6.45) is 0.169. The Hall–Kier alpha value is -2.40. The lowest BCUT2D eigenvalue weighted by atomic mass is 10.2. The Morgan fingerprint density at radius 3 is 2.38 bits per heavy atom. The van der Waals surface area contributed by atoms with Crippen LogP contribution in [-0.2, 0) is 0 Å². The van der Waals surface area contributed by atoms with E-state index in [1.165, 1.54) is 0 Å². The highest BCUT2D eigenvalue weighted by Gasteiger charge is 2.21. The number of benzene rings is 2. The van der Waals surface area contributed by atoms with E-state index in [1.807, 2.05) is 43.0 Å². The van der Waals surface area contributed by atoms with E-state index in [1.54, 1.807) is 12.1 Å². The SMILES string of the molecule is CC(C)Oc1ccc(N2CCN(C(=O)Nc3cccc(Cl)c3)CC2)cc1. The molecule has 2 aromatic carbocycles. The van der Waals surface area contributed by atoms with Gasteiger partial charge in [0.25, 0.3) is 0 Å². The number of hydrogen-bond acceptors (Lipinski definition) is 3. The van der Waals surface area contributed by atoms with Crippen LogP contribution in [0.3, 0.4) is 0 Å². The van der Waals surface area contributed by atoms with E-state index in [9.17, 15) is 4.79 Å². The van der Waals surface area contributed by atoms with Crippen LogP contribution in [0.1, 0.15) is 13.8 Å². The number of urea groups is 1. The summed E-state index contributed by atoms with van der Waals surface area (Å²) in [6.45, 7) is 6.98. The van der Waals surface area contributed by atoms with Crippen LogP contribution in [0, 0.1) is 0 Å². The van der Waals surface area contributed by atoms with Gasteiger partial charge in [0.2, 0.25) is 0 Å². The molecule has 1 saturated heterocycles. The van der Waals surface area contributed by atoms with Crippen molar-refractivity contribution < 1.29 is 9.53 Å². The predicted octanol–water partition coefficient (Wildman–Crippen LogP) is 4.48. The molecule has 5 nitrogen and oxygen atoms in total. The zero-order valence-electron chi connectivity index (χ0n) is 15.1. The van der Waals surface area contributed by atoms with Crippen LogP contribution in [0.15, 0.2) is 48.5 Å². The molecule has 2 aromatic rings. The first-order valence-corrected chi connectivity index (χ1v) is 9.22. The first-order valence-electron chi connectivity index (χ1n) is 8.84. The van der Waals surface area contributed by atoms with Crippen LogP contribution < -0.4 is 15.0 Å². The third-order valence-corrected chi connectivity index (χ3v) is 4.45. The summed E-state index contributed by atoms with van der Waals surface area (Å²) in [6, 6.07) is 15.2. The summed E-state index contributed by atoms with van der Waals surface area (Å²) in [5, 5.41) is 3.51. The van der Waals surface area contributed by atoms with Crippen LogP contribution in [0.25, 0.3) is 0 Å². The molecule has 2 amide bonds. The molecule has 0 aliphatic carbocycles. The van der Waals surface area contributed by atoms with E-state index in [2.05, 4.69) is 22.3 Å². The molecule has 0 saturated carbocycles. The molecule has 1 heterocycles. The number of halogens is 1. The van der Waals surface area contributed by atoms with E-state index >= 15 is 0 Å². The fraction of sp³-hybridized carbons (Fsp3) is 0.350. The number of hydrogen-bond donors (Lipinski definition) is 1. The van der Waals surface area contributed by atoms with Gasteiger partial charge in [-0.25, -0.2) is 4.79 Å². The number of nitrogens with zero attached hydrogens (tertiary/aromatic N) is 2. The van der Waals surface area contributed by atoms with Crippen molar-refractivity contribution in [2.75, 3.05) is 36.4 Å². The zero-order chi connectivity index (χ0) is 18.5. The van der Waals surface area contributed by atoms with Gasteiger partial charge < -0.3 is 19.9 Å². The Morgan fingerprint density at radius 2 is 1.77 bits per heavy atom. The Kier molecular flexibility index (Phi) is 5.89. The predicted molar refractivity (Wildman–Crippen MR) is 106 cm³/mol. The summed E-state index contributed by atoms with van der Waals surface area (Å²) in [7, 11) is 0. The van der Waals surface area contributed by atoms with E-state index in [-0.39, 0.29) is 12.1 Å². The molecular formula is C20H24ClN3O2. The standard InChI is InChI=1S/C20H24ClN3O2/c1-15(2)26-19-8-6-18(7-9-19)23-10-12-24(13-11-23)20(25)22-17-5-3-4-16(21)14-17/h3-9,14-15H,10-13H2,1-2H3,(H,22,25). The minimum absolute atomic E-state index is 0.0902. The first-order chi connectivity index (χ1) is 12.5. The van der Waals surface area contributed by atoms with Gasteiger partial charge in [0.1, 0.15) is 5.75 Å². The third-order valence-electron chi connectivity index (χ3n) is 4.22. The maximum absolute atomic E-state index is 12.4. The summed E-state index contributed by atoms with van der Waals surface area (Å²) in [4.78, 5) is 16.5. The Morgan fingerprint density at radius 1 is 1.08 bits per heavy atom. The molecule has 1 aliphatic heterocycles. The number of rotatable bonds is 4. The van der Waals surface area contributed by atoms with Crippen LogP contribution >= 0.6 is 11.6 Å². The summed E-state index contributed by atoms with van der Waals surface area (Å²) in [5.41, 5.74) is 1.86. The molecule has 6 heteroatoms. The minimum Gasteiger partial charge on any atom is -0.491 e. The lowest BCUT2D eigenvalue weighted by Crippen LogP contribution is -2.50. The largest absolute Gasteiger partial charge is 0.491 e. The monoisotopic (exact) mass is 373 g/mol. The van der Waals surface area contributed by atoms with Crippen LogP contribution in [-0.4, -0.2) is 43.2 Å². The number of carbonyl (C=O) groups is 1. The van der Waals surface area contributed by atoms with Crippen molar-refractivity contribution in [1.82, 2.24) is 4.90 Å². The lowest BCUT2D eigenvalue weighted by Gasteiger charge is -2.36. The molecular weight excluding hydrogens is 350 g/mol. The molecule has 0 unspecified atom stereocenters. The van der Waals surface area contributed by atoms with Crippen LogP contribution in [0.5, 0.6) is 5.75 Å². The van der Waals surface area contributed by atoms with Crippen molar-refractivity contribution in [1.29, 1.82) is 0 Å². The van der Waals surface area contributed by atoms with Crippen molar-refractivity contribution in [3.63, 3.8) is 0 Å². The number of piperazine rings is 1. The molecule has 0 atom stereocenters. The summed E-state index contributed by atoms with van der Waals surface area (Å²) >= 11 is 5.96. The van der Waals surface area contributed by atoms with Crippen LogP contribution in [0.2, 0.25) is 5.02 Å². The average molecular weight is 374 g/mol. The zero-order valence-corrected chi connectivity index (χ0v) is 15.9. The van der Waals surface area contributed by atoms with Gasteiger partial charge >= 0.3 is 6.03 Å². The van der Waals surface area contributed by atoms with E-state index in [0.29, 0.717) is 23.8 Å². The minimum atomic E-state index is -0.0902. The average Bonchev–Trinajstić information content (AvgIpc) is 2.62. The molecule has 1 fully saturated rings. The molecule has 1 N–H and O–H groups in total. The topological polar surface area (TPSA) is 44.8 Å². The molecule has 26 heavy (non-hydrogen) atoms. The number of anilines is 2. The molecule has 3 rings (SSSR count). The smallest absolute Gasteiger partial charge is 0.321 e. The van der Waals surface area contributed by atoms with E-state index in [4.69, 9.17) is 16.3 Å². The van der Waals surface area contributed by atoms with Crippen molar-refractivity contribution in [3.05, 3.63) is 53.6 Å². The second-order valence-electron chi connectivity index (χ2n) is 6.58. The van der Waals surface area contributed by atoms with Crippen LogP contribution in [0.4, 0.5) is 16.2 Å². The molecule has 0 aromatic heterocycles. The van der Waals surface area contributed by atoms with Crippen molar-refractivity contribution in [2.24, 2.45) is 0 Å². The van der Waals surface area contributed by atoms with E-state index < -0.39 is 0 Å². The van der Waals surface area contributed by atoms with Gasteiger partial charge in [-0.1, -0.05) is 17.7 Å². The number of nitrogens with one attached hydrogen (secondary N) is 1. The van der Waals surface area contributed by atoms with Gasteiger partial charge in [0.05, 0.1) is 6.10 Å². The lowest BCUT2D eigenvalue weighted by molar-refractivity contribution is 0.208. The molecule has 0 radical (unpaired) electrons. The molecule has 1 aliphatic rings. The summed E-state index contributed by atoms with van der Waals surface area (Å²) in [5.74, 6) is 0.878. The van der Waals surface area contributed by atoms with Gasteiger partial charge in [-0.2, -0.15) is 0 Å². The van der Waals surface area contributed by atoms with Crippen molar-refractivity contribution in [2.45, 2.75) is 20.0 Å². The van der Waals surface area contributed by atoms with Crippen molar-refractivity contribution in [3.8, 4) is 5.75 Å². The fourth-order valence-electron chi connectivity index (χ4n) is 2.94. The van der Waals surface area contributed by atoms with E-state index in [0.717, 1.165) is 24.5 Å². The number of amides is 2. The first kappa shape index (κ1) is 18.4. The van der Waals surface area contributed by atoms with Gasteiger partial charge in [0.15, 0.2) is 0 Å². The number of carbonyl (C=O) groups excluding carboxylic acids is 1. The van der Waals surface area contributed by atoms with Gasteiger partial charge in [-0.15, -0.1) is 0 Å². The van der Waals surface area contributed by atoms with Gasteiger partial charge in [-0.05, 0) is 56.3 Å². The summed E-state index contributed by atoms with van der Waals surface area (Å²) < 4.78 is 5.68. The highest BCUT2D eigenvalue weighted by Crippen LogP contribution is 2.22. The Balaban J connectivity index is 1.53. The van der Waals surface area contributed by atoms with Crippen molar-refractivity contribution >= 4 is 29.0 Å². The second-order valence-corrected chi connectivity index (χ2v) is 7.01. The third kappa shape index (κ3) is 4.82. The number of ether oxygens (including phenoxy) is 1. The van der Waals surface area contributed by atoms with Gasteiger partial charge in [0, 0.05) is 42.6 Å². The Labute approximate surface area is 159 Å². The highest BCUT2D eigenvalue weighted by molar-refractivity contribution is 6.30. The molecule has 138 valence electrons. The second kappa shape index (κ2) is 8.32.